The molecular formula is C9H12ClN5. The van der Waals surface area contributed by atoms with Gasteiger partial charge in [-0.15, -0.1) is 10.2 Å². The van der Waals surface area contributed by atoms with Crippen molar-refractivity contribution in [3.05, 3.63) is 23.1 Å². The summed E-state index contributed by atoms with van der Waals surface area (Å²) in [5.41, 5.74) is 0.730. The van der Waals surface area contributed by atoms with Crippen LogP contribution in [0, 0.1) is 0 Å². The van der Waals surface area contributed by atoms with Crippen molar-refractivity contribution in [1.82, 2.24) is 24.7 Å². The Morgan fingerprint density at radius 2 is 2.13 bits per heavy atom. The number of hydrogen-bond acceptors (Lipinski definition) is 4. The topological polar surface area (TPSA) is 46.3 Å². The summed E-state index contributed by atoms with van der Waals surface area (Å²) in [7, 11) is 4.03. The first kappa shape index (κ1) is 10.3. The summed E-state index contributed by atoms with van der Waals surface area (Å²) < 4.78 is 1.69. The van der Waals surface area contributed by atoms with Gasteiger partial charge in [0.25, 0.3) is 0 Å². The van der Waals surface area contributed by atoms with Gasteiger partial charge in [0.15, 0.2) is 11.5 Å². The lowest BCUT2D eigenvalue weighted by Gasteiger charge is -2.07. The number of aromatic nitrogens is 4. The van der Waals surface area contributed by atoms with Gasteiger partial charge in [0, 0.05) is 13.0 Å². The Hall–Kier alpha value is -1.20. The second-order valence-electron chi connectivity index (χ2n) is 3.60. The molecule has 0 aromatic carbocycles. The first-order valence-electron chi connectivity index (χ1n) is 4.68. The second kappa shape index (κ2) is 4.12. The van der Waals surface area contributed by atoms with Crippen molar-refractivity contribution in [3.63, 3.8) is 0 Å². The molecule has 2 aromatic rings. The summed E-state index contributed by atoms with van der Waals surface area (Å²) in [6, 6.07) is 3.52. The molecule has 0 aliphatic rings. The maximum absolute atomic E-state index is 5.81. The van der Waals surface area contributed by atoms with Crippen molar-refractivity contribution in [2.75, 3.05) is 20.6 Å². The third kappa shape index (κ3) is 2.24. The van der Waals surface area contributed by atoms with Crippen LogP contribution >= 0.6 is 11.6 Å². The standard InChI is InChI=1S/C9H12ClN5/c1-14(2)6-5-9-12-11-8-4-3-7(10)13-15(8)9/h3-4H,5-6H2,1-2H3. The average molecular weight is 226 g/mol. The fraction of sp³-hybridized carbons (Fsp3) is 0.444. The van der Waals surface area contributed by atoms with E-state index in [0.29, 0.717) is 5.15 Å². The van der Waals surface area contributed by atoms with E-state index in [4.69, 9.17) is 11.6 Å². The van der Waals surface area contributed by atoms with Gasteiger partial charge in [-0.3, -0.25) is 0 Å². The Bertz CT molecular complexity index is 464. The van der Waals surface area contributed by atoms with Crippen LogP contribution in [0.3, 0.4) is 0 Å². The zero-order chi connectivity index (χ0) is 10.8. The van der Waals surface area contributed by atoms with E-state index in [9.17, 15) is 0 Å². The van der Waals surface area contributed by atoms with Gasteiger partial charge >= 0.3 is 0 Å². The van der Waals surface area contributed by atoms with Crippen LogP contribution in [-0.2, 0) is 6.42 Å². The molecule has 0 bridgehead atoms. The molecular weight excluding hydrogens is 214 g/mol. The molecule has 2 rings (SSSR count). The minimum atomic E-state index is 0.452. The smallest absolute Gasteiger partial charge is 0.178 e. The minimum absolute atomic E-state index is 0.452. The van der Waals surface area contributed by atoms with Crippen molar-refractivity contribution in [2.24, 2.45) is 0 Å². The van der Waals surface area contributed by atoms with Gasteiger partial charge in [0.1, 0.15) is 5.15 Å². The van der Waals surface area contributed by atoms with Gasteiger partial charge in [0.05, 0.1) is 0 Å². The highest BCUT2D eigenvalue weighted by atomic mass is 35.5. The third-order valence-electron chi connectivity index (χ3n) is 2.08. The zero-order valence-corrected chi connectivity index (χ0v) is 9.44. The summed E-state index contributed by atoms with van der Waals surface area (Å²) in [4.78, 5) is 2.09. The highest BCUT2D eigenvalue weighted by Gasteiger charge is 2.06. The molecule has 0 aliphatic heterocycles. The molecule has 0 N–H and O–H groups in total. The van der Waals surface area contributed by atoms with Gasteiger partial charge in [0.2, 0.25) is 0 Å². The Morgan fingerprint density at radius 3 is 2.87 bits per heavy atom. The molecule has 0 radical (unpaired) electrons. The Morgan fingerprint density at radius 1 is 1.33 bits per heavy atom. The number of hydrogen-bond donors (Lipinski definition) is 0. The summed E-state index contributed by atoms with van der Waals surface area (Å²) in [5.74, 6) is 0.834. The van der Waals surface area contributed by atoms with E-state index < -0.39 is 0 Å². The fourth-order valence-electron chi connectivity index (χ4n) is 1.29. The molecule has 0 saturated carbocycles. The van der Waals surface area contributed by atoms with E-state index in [-0.39, 0.29) is 0 Å². The second-order valence-corrected chi connectivity index (χ2v) is 3.98. The molecule has 0 unspecified atom stereocenters. The van der Waals surface area contributed by atoms with E-state index in [1.165, 1.54) is 0 Å². The van der Waals surface area contributed by atoms with E-state index in [0.717, 1.165) is 24.4 Å². The molecule has 0 fully saturated rings. The molecule has 15 heavy (non-hydrogen) atoms. The lowest BCUT2D eigenvalue weighted by Crippen LogP contribution is -2.16. The highest BCUT2D eigenvalue weighted by molar-refractivity contribution is 6.29. The van der Waals surface area contributed by atoms with Crippen molar-refractivity contribution in [3.8, 4) is 0 Å². The Balaban J connectivity index is 2.31. The summed E-state index contributed by atoms with van der Waals surface area (Å²) in [6.45, 7) is 0.912. The van der Waals surface area contributed by atoms with Gasteiger partial charge in [-0.05, 0) is 26.2 Å². The molecule has 0 saturated heterocycles. The number of halogens is 1. The lowest BCUT2D eigenvalue weighted by molar-refractivity contribution is 0.408. The monoisotopic (exact) mass is 225 g/mol. The van der Waals surface area contributed by atoms with Crippen LogP contribution < -0.4 is 0 Å². The number of nitrogens with zero attached hydrogens (tertiary/aromatic N) is 5. The Labute approximate surface area is 92.7 Å². The predicted octanol–water partition coefficient (Wildman–Crippen LogP) is 0.882. The van der Waals surface area contributed by atoms with Gasteiger partial charge in [-0.1, -0.05) is 11.6 Å². The van der Waals surface area contributed by atoms with Crippen molar-refractivity contribution >= 4 is 17.2 Å². The molecule has 0 atom stereocenters. The quantitative estimate of drug-likeness (QED) is 0.778. The molecule has 5 nitrogen and oxygen atoms in total. The summed E-state index contributed by atoms with van der Waals surface area (Å²) in [5, 5.41) is 12.7. The van der Waals surface area contributed by atoms with Crippen molar-refractivity contribution in [2.45, 2.75) is 6.42 Å². The molecule has 2 aromatic heterocycles. The minimum Gasteiger partial charge on any atom is -0.309 e. The third-order valence-corrected chi connectivity index (χ3v) is 2.28. The lowest BCUT2D eigenvalue weighted by atomic mass is 10.4. The first-order chi connectivity index (χ1) is 7.16. The Kier molecular flexibility index (Phi) is 2.83. The number of rotatable bonds is 3. The molecule has 80 valence electrons. The fourth-order valence-corrected chi connectivity index (χ4v) is 1.43. The van der Waals surface area contributed by atoms with Crippen molar-refractivity contribution in [1.29, 1.82) is 0 Å². The van der Waals surface area contributed by atoms with Crippen LogP contribution in [0.15, 0.2) is 12.1 Å². The normalized spacial score (nSPS) is 11.5. The average Bonchev–Trinajstić information content (AvgIpc) is 2.57. The number of fused-ring (bicyclic) bond motifs is 1. The summed E-state index contributed by atoms with van der Waals surface area (Å²) in [6.07, 6.45) is 0.807. The van der Waals surface area contributed by atoms with E-state index >= 15 is 0 Å². The molecule has 0 amide bonds. The number of likely N-dealkylation sites (N-methyl/N-ethyl adjacent to an activating group) is 1. The van der Waals surface area contributed by atoms with Crippen molar-refractivity contribution < 1.29 is 0 Å². The van der Waals surface area contributed by atoms with Crippen LogP contribution in [0.25, 0.3) is 5.65 Å². The van der Waals surface area contributed by atoms with E-state index in [1.807, 2.05) is 20.2 Å². The SMILES string of the molecule is CN(C)CCc1nnc2ccc(Cl)nn12. The summed E-state index contributed by atoms with van der Waals surface area (Å²) >= 11 is 5.81. The van der Waals surface area contributed by atoms with Gasteiger partial charge in [-0.25, -0.2) is 0 Å². The van der Waals surface area contributed by atoms with Gasteiger partial charge < -0.3 is 4.90 Å². The highest BCUT2D eigenvalue weighted by Crippen LogP contribution is 2.07. The van der Waals surface area contributed by atoms with E-state index in [2.05, 4.69) is 20.2 Å². The predicted molar refractivity (Wildman–Crippen MR) is 58.1 cm³/mol. The molecule has 0 aliphatic carbocycles. The molecule has 6 heteroatoms. The van der Waals surface area contributed by atoms with Gasteiger partial charge in [-0.2, -0.15) is 9.61 Å². The van der Waals surface area contributed by atoms with Crippen LogP contribution in [0.2, 0.25) is 5.15 Å². The maximum atomic E-state index is 5.81. The largest absolute Gasteiger partial charge is 0.309 e. The van der Waals surface area contributed by atoms with Crippen LogP contribution in [0.5, 0.6) is 0 Å². The van der Waals surface area contributed by atoms with Crippen LogP contribution in [0.4, 0.5) is 0 Å². The first-order valence-corrected chi connectivity index (χ1v) is 5.06. The van der Waals surface area contributed by atoms with Crippen LogP contribution in [0.1, 0.15) is 5.82 Å². The zero-order valence-electron chi connectivity index (χ0n) is 8.68. The van der Waals surface area contributed by atoms with Crippen LogP contribution in [-0.4, -0.2) is 45.4 Å². The van der Waals surface area contributed by atoms with E-state index in [1.54, 1.807) is 10.6 Å². The maximum Gasteiger partial charge on any atom is 0.178 e. The molecule has 0 spiro atoms. The molecule has 2 heterocycles.